The molecule has 1 atom stereocenters. The van der Waals surface area contributed by atoms with E-state index in [1.165, 1.54) is 7.11 Å². The van der Waals surface area contributed by atoms with Gasteiger partial charge in [0.1, 0.15) is 0 Å². The summed E-state index contributed by atoms with van der Waals surface area (Å²) in [5.74, 6) is -1.01. The fraction of sp³-hybridized carbons (Fsp3) is 0.600. The molecule has 2 N–H and O–H groups in total. The maximum absolute atomic E-state index is 12.4. The van der Waals surface area contributed by atoms with Gasteiger partial charge < -0.3 is 10.4 Å². The molecule has 0 spiro atoms. The molecule has 1 unspecified atom stereocenters. The van der Waals surface area contributed by atoms with E-state index < -0.39 is 24.4 Å². The highest BCUT2D eigenvalue weighted by Gasteiger charge is 2.28. The van der Waals surface area contributed by atoms with E-state index in [0.717, 1.165) is 0 Å². The molecule has 1 aliphatic rings. The van der Waals surface area contributed by atoms with Crippen LogP contribution in [0, 0.1) is 0 Å². The quantitative estimate of drug-likeness (QED) is 0.511. The molecule has 0 saturated carbocycles. The number of carboxylic acid groups (broad SMARTS) is 1. The normalized spacial score (nSPS) is 20.6. The molecular formula is C10H18N3O6PS. The van der Waals surface area contributed by atoms with Gasteiger partial charge in [-0.15, -0.1) is 0 Å². The number of carbonyl (C=O) groups is 1. The molecule has 0 saturated heterocycles. The fourth-order valence-corrected chi connectivity index (χ4v) is 4.18. The molecule has 0 aliphatic carbocycles. The molecule has 0 amide bonds. The lowest BCUT2D eigenvalue weighted by Crippen LogP contribution is -2.20. The topological polar surface area (TPSA) is 119 Å². The lowest BCUT2D eigenvalue weighted by molar-refractivity contribution is -0.136. The van der Waals surface area contributed by atoms with Crippen molar-refractivity contribution in [3.05, 3.63) is 11.1 Å². The summed E-state index contributed by atoms with van der Waals surface area (Å²) in [5, 5.41) is 13.3. The van der Waals surface area contributed by atoms with Crippen LogP contribution >= 0.6 is 7.75 Å². The first-order valence-electron chi connectivity index (χ1n) is 6.10. The van der Waals surface area contributed by atoms with E-state index in [0.29, 0.717) is 5.70 Å². The number of amidine groups is 1. The Balaban J connectivity index is 3.04. The number of nitrogens with zero attached hydrogens (tertiary/aromatic N) is 2. The van der Waals surface area contributed by atoms with E-state index in [-0.39, 0.29) is 24.8 Å². The summed E-state index contributed by atoms with van der Waals surface area (Å²) in [6, 6.07) is 0. The highest BCUT2D eigenvalue weighted by Crippen LogP contribution is 2.50. The molecule has 0 aromatic heterocycles. The highest BCUT2D eigenvalue weighted by molar-refractivity contribution is 8.05. The van der Waals surface area contributed by atoms with E-state index in [1.54, 1.807) is 19.3 Å². The Kier molecular flexibility index (Phi) is 7.20. The van der Waals surface area contributed by atoms with Crippen LogP contribution in [0.1, 0.15) is 20.3 Å². The number of nitrogens with one attached hydrogen (secondary N) is 1. The van der Waals surface area contributed by atoms with Crippen molar-refractivity contribution in [2.24, 2.45) is 9.29 Å². The van der Waals surface area contributed by atoms with Crippen molar-refractivity contribution in [1.29, 1.82) is 0 Å². The first-order chi connectivity index (χ1) is 9.94. The molecule has 120 valence electrons. The van der Waals surface area contributed by atoms with E-state index in [4.69, 9.17) is 19.0 Å². The van der Waals surface area contributed by atoms with Crippen molar-refractivity contribution in [2.45, 2.75) is 20.3 Å². The lowest BCUT2D eigenvalue weighted by atomic mass is 10.3. The smallest absolute Gasteiger partial charge is 0.456 e. The molecule has 1 aliphatic heterocycles. The molecule has 1 rings (SSSR count). The van der Waals surface area contributed by atoms with Crippen molar-refractivity contribution in [1.82, 2.24) is 5.32 Å². The van der Waals surface area contributed by atoms with Crippen LogP contribution in [-0.2, 0) is 33.9 Å². The van der Waals surface area contributed by atoms with Gasteiger partial charge in [0.2, 0.25) is 0 Å². The molecule has 0 aromatic carbocycles. The average Bonchev–Trinajstić information content (AvgIpc) is 2.70. The zero-order chi connectivity index (χ0) is 15.9. The van der Waals surface area contributed by atoms with Gasteiger partial charge in [0, 0.05) is 21.8 Å². The third-order valence-corrected chi connectivity index (χ3v) is 5.17. The van der Waals surface area contributed by atoms with Crippen LogP contribution in [0.3, 0.4) is 0 Å². The third-order valence-electron chi connectivity index (χ3n) is 2.01. The largest absolute Gasteiger partial charge is 0.481 e. The van der Waals surface area contributed by atoms with E-state index in [1.807, 2.05) is 0 Å². The second-order valence-electron chi connectivity index (χ2n) is 3.62. The summed E-state index contributed by atoms with van der Waals surface area (Å²) in [5.41, 5.74) is 0.393. The highest BCUT2D eigenvalue weighted by atomic mass is 32.2. The summed E-state index contributed by atoms with van der Waals surface area (Å²) in [6.45, 7) is 3.67. The van der Waals surface area contributed by atoms with Crippen LogP contribution in [0.5, 0.6) is 0 Å². The minimum atomic E-state index is -3.65. The van der Waals surface area contributed by atoms with Crippen molar-refractivity contribution in [2.75, 3.05) is 20.3 Å². The maximum atomic E-state index is 12.4. The zero-order valence-corrected chi connectivity index (χ0v) is 13.6. The standard InChI is InChI=1S/C10H18N3O6PS/c1-4-18-20(16,19-5-2)12-10-11-8(6-9(14)15)7-21(10)13-17-3/h7H,4-6H2,1-3H3,(H,14,15)(H,11,12,16). The molecule has 0 bridgehead atoms. The Morgan fingerprint density at radius 2 is 2.05 bits per heavy atom. The van der Waals surface area contributed by atoms with E-state index in [2.05, 4.69) is 14.6 Å². The van der Waals surface area contributed by atoms with Gasteiger partial charge in [0.05, 0.1) is 26.7 Å². The second kappa shape index (κ2) is 8.40. The fourth-order valence-electron chi connectivity index (χ4n) is 1.39. The summed E-state index contributed by atoms with van der Waals surface area (Å²) >= 11 is 0. The number of carboxylic acids is 1. The van der Waals surface area contributed by atoms with Gasteiger partial charge in [-0.25, -0.2) is 9.40 Å². The molecular weight excluding hydrogens is 321 g/mol. The van der Waals surface area contributed by atoms with Gasteiger partial charge >= 0.3 is 13.7 Å². The Morgan fingerprint density at radius 3 is 2.52 bits per heavy atom. The average molecular weight is 339 g/mol. The first-order valence-corrected chi connectivity index (χ1v) is 8.84. The molecule has 21 heavy (non-hydrogen) atoms. The molecule has 11 heteroatoms. The van der Waals surface area contributed by atoms with Gasteiger partial charge in [-0.3, -0.25) is 13.8 Å². The Labute approximate surface area is 125 Å². The number of aliphatic carboxylic acids is 1. The Bertz CT molecular complexity index is 523. The van der Waals surface area contributed by atoms with Gasteiger partial charge in [-0.1, -0.05) is 4.53 Å². The maximum Gasteiger partial charge on any atom is 0.456 e. The van der Waals surface area contributed by atoms with Crippen LogP contribution in [0.25, 0.3) is 0 Å². The molecule has 0 radical (unpaired) electrons. The van der Waals surface area contributed by atoms with Gasteiger partial charge in [0.15, 0.2) is 5.17 Å². The second-order valence-corrected chi connectivity index (χ2v) is 6.67. The lowest BCUT2D eigenvalue weighted by Gasteiger charge is -2.13. The van der Waals surface area contributed by atoms with Crippen molar-refractivity contribution in [3.63, 3.8) is 0 Å². The van der Waals surface area contributed by atoms with Gasteiger partial charge in [-0.05, 0) is 13.8 Å². The minimum absolute atomic E-state index is 0.165. The summed E-state index contributed by atoms with van der Waals surface area (Å²) in [7, 11) is -3.28. The predicted octanol–water partition coefficient (Wildman–Crippen LogP) is 1.81. The SMILES string of the molecule is CCOP(=O)(N=C1NC(CC(=O)O)=C/S1=N/OC)OCC. The van der Waals surface area contributed by atoms with Crippen LogP contribution in [0.15, 0.2) is 20.4 Å². The number of hydrogen-bond donors (Lipinski definition) is 2. The summed E-state index contributed by atoms with van der Waals surface area (Å²) < 4.78 is 30.2. The zero-order valence-electron chi connectivity index (χ0n) is 11.9. The predicted molar refractivity (Wildman–Crippen MR) is 78.6 cm³/mol. The number of hydrogen-bond acceptors (Lipinski definition) is 6. The van der Waals surface area contributed by atoms with Crippen molar-refractivity contribution >= 4 is 29.6 Å². The van der Waals surface area contributed by atoms with Crippen LogP contribution in [0.4, 0.5) is 0 Å². The molecule has 0 fully saturated rings. The first kappa shape index (κ1) is 18.0. The van der Waals surface area contributed by atoms with Gasteiger partial charge in [-0.2, -0.15) is 4.76 Å². The van der Waals surface area contributed by atoms with E-state index in [9.17, 15) is 9.36 Å². The Hall–Kier alpha value is -1.06. The van der Waals surface area contributed by atoms with Crippen molar-refractivity contribution in [3.8, 4) is 0 Å². The number of rotatable bonds is 8. The van der Waals surface area contributed by atoms with Crippen molar-refractivity contribution < 1.29 is 28.4 Å². The van der Waals surface area contributed by atoms with Gasteiger partial charge in [0.25, 0.3) is 0 Å². The third kappa shape index (κ3) is 5.68. The minimum Gasteiger partial charge on any atom is -0.481 e. The van der Waals surface area contributed by atoms with Crippen LogP contribution < -0.4 is 5.32 Å². The Morgan fingerprint density at radius 1 is 1.43 bits per heavy atom. The molecule has 1 heterocycles. The van der Waals surface area contributed by atoms with Crippen LogP contribution in [0.2, 0.25) is 0 Å². The monoisotopic (exact) mass is 339 g/mol. The summed E-state index contributed by atoms with van der Waals surface area (Å²) in [6.07, 6.45) is -0.227. The molecule has 9 nitrogen and oxygen atoms in total. The molecule has 0 aromatic rings. The van der Waals surface area contributed by atoms with E-state index >= 15 is 0 Å². The summed E-state index contributed by atoms with van der Waals surface area (Å²) in [4.78, 5) is 15.4. The van der Waals surface area contributed by atoms with Crippen LogP contribution in [-0.4, -0.2) is 36.6 Å².